The van der Waals surface area contributed by atoms with Gasteiger partial charge in [0.15, 0.2) is 6.10 Å². The number of anilines is 1. The van der Waals surface area contributed by atoms with Crippen molar-refractivity contribution in [3.63, 3.8) is 0 Å². The number of hydrogen-bond donors (Lipinski definition) is 1. The maximum atomic E-state index is 12.8. The van der Waals surface area contributed by atoms with Crippen molar-refractivity contribution in [2.24, 2.45) is 0 Å². The number of nitrogens with one attached hydrogen (secondary N) is 1. The number of amides is 2. The first-order valence-corrected chi connectivity index (χ1v) is 9.34. The number of aromatic nitrogens is 2. The van der Waals surface area contributed by atoms with Crippen molar-refractivity contribution < 1.29 is 14.3 Å². The number of carbonyl (C=O) groups excluding carboxylic acids is 2. The summed E-state index contributed by atoms with van der Waals surface area (Å²) in [6.45, 7) is 4.77. The molecule has 3 aromatic rings. The molecule has 2 amide bonds. The van der Waals surface area contributed by atoms with Crippen LogP contribution in [0.25, 0.3) is 11.0 Å². The predicted molar refractivity (Wildman–Crippen MR) is 106 cm³/mol. The number of carbonyl (C=O) groups is 2. The number of rotatable bonds is 4. The van der Waals surface area contributed by atoms with Crippen LogP contribution in [0.3, 0.4) is 0 Å². The maximum Gasteiger partial charge on any atom is 0.263 e. The minimum absolute atomic E-state index is 0.124. The molecule has 7 heteroatoms. The molecule has 0 aliphatic carbocycles. The van der Waals surface area contributed by atoms with Crippen LogP contribution in [0.4, 0.5) is 5.69 Å². The van der Waals surface area contributed by atoms with Gasteiger partial charge in [0, 0.05) is 13.5 Å². The Balaban J connectivity index is 1.51. The lowest BCUT2D eigenvalue weighted by Crippen LogP contribution is -2.50. The van der Waals surface area contributed by atoms with Crippen molar-refractivity contribution in [3.8, 4) is 5.75 Å². The maximum absolute atomic E-state index is 12.8. The second-order valence-electron chi connectivity index (χ2n) is 6.68. The molecule has 4 rings (SSSR count). The molecule has 1 aliphatic rings. The molecule has 2 heterocycles. The van der Waals surface area contributed by atoms with E-state index >= 15 is 0 Å². The molecule has 1 unspecified atom stereocenters. The average molecular weight is 378 g/mol. The van der Waals surface area contributed by atoms with Crippen LogP contribution in [0, 0.1) is 0 Å². The van der Waals surface area contributed by atoms with Gasteiger partial charge in [-0.25, -0.2) is 4.98 Å². The van der Waals surface area contributed by atoms with Crippen molar-refractivity contribution in [1.29, 1.82) is 0 Å². The lowest BCUT2D eigenvalue weighted by atomic mass is 10.1. The molecule has 2 aromatic carbocycles. The summed E-state index contributed by atoms with van der Waals surface area (Å²) in [6, 6.07) is 15.1. The minimum Gasteiger partial charge on any atom is -0.477 e. The highest BCUT2D eigenvalue weighted by Crippen LogP contribution is 2.33. The fourth-order valence-corrected chi connectivity index (χ4v) is 3.56. The zero-order valence-corrected chi connectivity index (χ0v) is 15.9. The molecule has 1 N–H and O–H groups in total. The standard InChI is InChI=1S/C21H22N4O3/c1-3-24-16-9-5-4-8-15(16)23-20(24)12-22-21(27)19-13-25(14(2)26)17-10-6-7-11-18(17)28-19/h4-11,19H,3,12-13H2,1-2H3,(H,22,27). The zero-order chi connectivity index (χ0) is 19.7. The van der Waals surface area contributed by atoms with E-state index in [9.17, 15) is 9.59 Å². The van der Waals surface area contributed by atoms with Gasteiger partial charge in [0.05, 0.1) is 29.8 Å². The highest BCUT2D eigenvalue weighted by atomic mass is 16.5. The fourth-order valence-electron chi connectivity index (χ4n) is 3.56. The lowest BCUT2D eigenvalue weighted by molar-refractivity contribution is -0.128. The van der Waals surface area contributed by atoms with E-state index in [4.69, 9.17) is 4.74 Å². The number of ether oxygens (including phenoxy) is 1. The Morgan fingerprint density at radius 1 is 1.18 bits per heavy atom. The first-order valence-electron chi connectivity index (χ1n) is 9.34. The lowest BCUT2D eigenvalue weighted by Gasteiger charge is -2.33. The van der Waals surface area contributed by atoms with Crippen molar-refractivity contribution in [3.05, 3.63) is 54.4 Å². The second kappa shape index (κ2) is 7.34. The van der Waals surface area contributed by atoms with Crippen LogP contribution in [0.5, 0.6) is 5.75 Å². The van der Waals surface area contributed by atoms with E-state index in [1.165, 1.54) is 6.92 Å². The second-order valence-corrected chi connectivity index (χ2v) is 6.68. The molecule has 1 aliphatic heterocycles. The van der Waals surface area contributed by atoms with Gasteiger partial charge in [0.2, 0.25) is 5.91 Å². The van der Waals surface area contributed by atoms with E-state index < -0.39 is 6.10 Å². The molecule has 144 valence electrons. The Morgan fingerprint density at radius 2 is 1.93 bits per heavy atom. The summed E-state index contributed by atoms with van der Waals surface area (Å²) in [6.07, 6.45) is -0.766. The first kappa shape index (κ1) is 18.0. The number of hydrogen-bond acceptors (Lipinski definition) is 4. The molecule has 0 bridgehead atoms. The van der Waals surface area contributed by atoms with Crippen LogP contribution < -0.4 is 15.0 Å². The molecule has 0 saturated carbocycles. The Bertz CT molecular complexity index is 1040. The van der Waals surface area contributed by atoms with Gasteiger partial charge in [-0.1, -0.05) is 24.3 Å². The van der Waals surface area contributed by atoms with E-state index in [0.29, 0.717) is 18.0 Å². The number of nitrogens with zero attached hydrogens (tertiary/aromatic N) is 3. The first-order chi connectivity index (χ1) is 13.6. The summed E-state index contributed by atoms with van der Waals surface area (Å²) >= 11 is 0. The van der Waals surface area contributed by atoms with Crippen molar-refractivity contribution >= 4 is 28.5 Å². The van der Waals surface area contributed by atoms with Crippen LogP contribution in [-0.4, -0.2) is 34.0 Å². The van der Waals surface area contributed by atoms with Gasteiger partial charge in [-0.2, -0.15) is 0 Å². The number of aryl methyl sites for hydroxylation is 1. The number of benzene rings is 2. The summed E-state index contributed by atoms with van der Waals surface area (Å²) in [7, 11) is 0. The highest BCUT2D eigenvalue weighted by molar-refractivity contribution is 5.95. The van der Waals surface area contributed by atoms with Gasteiger partial charge in [-0.15, -0.1) is 0 Å². The van der Waals surface area contributed by atoms with E-state index in [-0.39, 0.29) is 18.4 Å². The van der Waals surface area contributed by atoms with Gasteiger partial charge in [-0.05, 0) is 31.2 Å². The topological polar surface area (TPSA) is 76.5 Å². The highest BCUT2D eigenvalue weighted by Gasteiger charge is 2.32. The Hall–Kier alpha value is -3.35. The Labute approximate surface area is 162 Å². The quantitative estimate of drug-likeness (QED) is 0.757. The molecule has 0 spiro atoms. The number of fused-ring (bicyclic) bond motifs is 2. The molecule has 0 radical (unpaired) electrons. The van der Waals surface area contributed by atoms with Crippen molar-refractivity contribution in [1.82, 2.24) is 14.9 Å². The minimum atomic E-state index is -0.766. The van der Waals surface area contributed by atoms with E-state index in [1.54, 1.807) is 11.0 Å². The zero-order valence-electron chi connectivity index (χ0n) is 15.9. The largest absolute Gasteiger partial charge is 0.477 e. The van der Waals surface area contributed by atoms with Crippen LogP contribution >= 0.6 is 0 Å². The monoisotopic (exact) mass is 378 g/mol. The van der Waals surface area contributed by atoms with E-state index in [2.05, 4.69) is 14.9 Å². The fraction of sp³-hybridized carbons (Fsp3) is 0.286. The molecule has 1 aromatic heterocycles. The van der Waals surface area contributed by atoms with Crippen LogP contribution in [-0.2, 0) is 22.7 Å². The summed E-state index contributed by atoms with van der Waals surface area (Å²) < 4.78 is 7.92. The predicted octanol–water partition coefficient (Wildman–Crippen LogP) is 2.49. The van der Waals surface area contributed by atoms with E-state index in [1.807, 2.05) is 49.4 Å². The van der Waals surface area contributed by atoms with Gasteiger partial charge < -0.3 is 19.5 Å². The molecular formula is C21H22N4O3. The third kappa shape index (κ3) is 3.19. The summed E-state index contributed by atoms with van der Waals surface area (Å²) in [5.41, 5.74) is 2.63. The SMILES string of the molecule is CCn1c(CNC(=O)C2CN(C(C)=O)c3ccccc3O2)nc2ccccc21. The van der Waals surface area contributed by atoms with Gasteiger partial charge in [0.25, 0.3) is 5.91 Å². The molecular weight excluding hydrogens is 356 g/mol. The molecule has 7 nitrogen and oxygen atoms in total. The molecule has 28 heavy (non-hydrogen) atoms. The summed E-state index contributed by atoms with van der Waals surface area (Å²) in [5, 5.41) is 2.91. The van der Waals surface area contributed by atoms with Gasteiger partial charge >= 0.3 is 0 Å². The third-order valence-corrected chi connectivity index (χ3v) is 4.92. The normalized spacial score (nSPS) is 15.8. The van der Waals surface area contributed by atoms with Crippen LogP contribution in [0.15, 0.2) is 48.5 Å². The van der Waals surface area contributed by atoms with Crippen molar-refractivity contribution in [2.45, 2.75) is 33.0 Å². The Kier molecular flexibility index (Phi) is 4.73. The molecule has 1 atom stereocenters. The average Bonchev–Trinajstić information content (AvgIpc) is 3.08. The van der Waals surface area contributed by atoms with E-state index in [0.717, 1.165) is 23.4 Å². The smallest absolute Gasteiger partial charge is 0.263 e. The van der Waals surface area contributed by atoms with Gasteiger partial charge in [-0.3, -0.25) is 9.59 Å². The molecule has 0 fully saturated rings. The van der Waals surface area contributed by atoms with Gasteiger partial charge in [0.1, 0.15) is 11.6 Å². The van der Waals surface area contributed by atoms with Crippen molar-refractivity contribution in [2.75, 3.05) is 11.4 Å². The number of imidazole rings is 1. The summed E-state index contributed by atoms with van der Waals surface area (Å²) in [5.74, 6) is 0.929. The summed E-state index contributed by atoms with van der Waals surface area (Å²) in [4.78, 5) is 31.0. The molecule has 0 saturated heterocycles. The van der Waals surface area contributed by atoms with Crippen LogP contribution in [0.2, 0.25) is 0 Å². The van der Waals surface area contributed by atoms with Crippen LogP contribution in [0.1, 0.15) is 19.7 Å². The third-order valence-electron chi connectivity index (χ3n) is 4.92. The number of para-hydroxylation sites is 4. The Morgan fingerprint density at radius 3 is 2.71 bits per heavy atom.